The summed E-state index contributed by atoms with van der Waals surface area (Å²) in [5, 5.41) is 0. The molecule has 0 saturated carbocycles. The summed E-state index contributed by atoms with van der Waals surface area (Å²) >= 11 is 0. The number of para-hydroxylation sites is 1. The van der Waals surface area contributed by atoms with Crippen LogP contribution in [-0.2, 0) is 6.42 Å². The molecule has 0 spiro atoms. The highest BCUT2D eigenvalue weighted by atomic mass is 19.1. The number of hydrogen-bond acceptors (Lipinski definition) is 3. The molecule has 1 aromatic carbocycles. The fourth-order valence-corrected chi connectivity index (χ4v) is 1.65. The van der Waals surface area contributed by atoms with Crippen molar-refractivity contribution in [2.24, 2.45) is 0 Å². The minimum atomic E-state index is -0.455. The normalized spacial score (nSPS) is 10.1. The molecule has 1 heterocycles. The third-order valence-electron chi connectivity index (χ3n) is 2.56. The van der Waals surface area contributed by atoms with E-state index in [1.165, 1.54) is 12.1 Å². The van der Waals surface area contributed by atoms with Crippen LogP contribution in [0.15, 0.2) is 42.6 Å². The highest BCUT2D eigenvalue weighted by Crippen LogP contribution is 2.19. The van der Waals surface area contributed by atoms with Crippen LogP contribution in [0.1, 0.15) is 16.1 Å². The maximum atomic E-state index is 12.7. The van der Waals surface area contributed by atoms with Crippen molar-refractivity contribution < 1.29 is 13.9 Å². The average Bonchev–Trinajstić information content (AvgIpc) is 2.40. The highest BCUT2D eigenvalue weighted by Gasteiger charge is 2.11. The third kappa shape index (κ3) is 2.71. The monoisotopic (exact) mass is 245 g/mol. The van der Waals surface area contributed by atoms with E-state index in [0.29, 0.717) is 5.75 Å². The van der Waals surface area contributed by atoms with Crippen LogP contribution in [0.4, 0.5) is 4.39 Å². The van der Waals surface area contributed by atoms with Crippen molar-refractivity contribution in [3.8, 4) is 5.75 Å². The number of benzene rings is 1. The van der Waals surface area contributed by atoms with Crippen molar-refractivity contribution in [1.29, 1.82) is 0 Å². The SMILES string of the molecule is COc1ccccc1CC(=O)c1ccc(F)cn1. The van der Waals surface area contributed by atoms with E-state index in [1.54, 1.807) is 13.2 Å². The average molecular weight is 245 g/mol. The van der Waals surface area contributed by atoms with Gasteiger partial charge in [0.05, 0.1) is 13.3 Å². The predicted octanol–water partition coefficient (Wildman–Crippen LogP) is 2.65. The summed E-state index contributed by atoms with van der Waals surface area (Å²) < 4.78 is 17.9. The first kappa shape index (κ1) is 12.2. The number of ketones is 1. The molecule has 0 atom stereocenters. The molecule has 0 saturated heterocycles. The number of ether oxygens (including phenoxy) is 1. The lowest BCUT2D eigenvalue weighted by Gasteiger charge is -2.06. The van der Waals surface area contributed by atoms with E-state index in [2.05, 4.69) is 4.98 Å². The van der Waals surface area contributed by atoms with E-state index in [9.17, 15) is 9.18 Å². The Morgan fingerprint density at radius 2 is 2.06 bits per heavy atom. The number of methoxy groups -OCH3 is 1. The molecule has 0 aliphatic carbocycles. The third-order valence-corrected chi connectivity index (χ3v) is 2.56. The Hall–Kier alpha value is -2.23. The molecule has 0 bridgehead atoms. The molecule has 0 fully saturated rings. The number of halogens is 1. The quantitative estimate of drug-likeness (QED) is 0.777. The second kappa shape index (κ2) is 5.40. The summed E-state index contributed by atoms with van der Waals surface area (Å²) in [4.78, 5) is 15.7. The highest BCUT2D eigenvalue weighted by molar-refractivity contribution is 5.96. The van der Waals surface area contributed by atoms with E-state index < -0.39 is 5.82 Å². The molecule has 92 valence electrons. The molecule has 0 aliphatic heterocycles. The van der Waals surface area contributed by atoms with Gasteiger partial charge in [-0.3, -0.25) is 9.78 Å². The Balaban J connectivity index is 2.18. The number of Topliss-reactive ketones (excluding diaryl/α,β-unsaturated/α-hetero) is 1. The van der Waals surface area contributed by atoms with Gasteiger partial charge in [0.1, 0.15) is 17.3 Å². The molecule has 18 heavy (non-hydrogen) atoms. The predicted molar refractivity (Wildman–Crippen MR) is 65.2 cm³/mol. The van der Waals surface area contributed by atoms with Crippen LogP contribution in [0.25, 0.3) is 0 Å². The Kier molecular flexibility index (Phi) is 3.67. The maximum Gasteiger partial charge on any atom is 0.185 e. The molecule has 0 aliphatic rings. The Bertz CT molecular complexity index is 552. The van der Waals surface area contributed by atoms with Crippen molar-refractivity contribution in [3.63, 3.8) is 0 Å². The zero-order chi connectivity index (χ0) is 13.0. The number of aromatic nitrogens is 1. The summed E-state index contributed by atoms with van der Waals surface area (Å²) in [5.74, 6) is 0.0382. The molecule has 1 aromatic heterocycles. The minimum Gasteiger partial charge on any atom is -0.496 e. The van der Waals surface area contributed by atoms with Gasteiger partial charge in [-0.15, -0.1) is 0 Å². The molecule has 2 aromatic rings. The van der Waals surface area contributed by atoms with Gasteiger partial charge in [-0.2, -0.15) is 0 Å². The largest absolute Gasteiger partial charge is 0.496 e. The van der Waals surface area contributed by atoms with Gasteiger partial charge in [0.15, 0.2) is 5.78 Å². The van der Waals surface area contributed by atoms with Crippen LogP contribution >= 0.6 is 0 Å². The first-order chi connectivity index (χ1) is 8.70. The molecule has 0 radical (unpaired) electrons. The van der Waals surface area contributed by atoms with Crippen molar-refractivity contribution in [2.45, 2.75) is 6.42 Å². The summed E-state index contributed by atoms with van der Waals surface area (Å²) in [5.41, 5.74) is 1.04. The zero-order valence-corrected chi connectivity index (χ0v) is 9.89. The summed E-state index contributed by atoms with van der Waals surface area (Å²) in [6.07, 6.45) is 1.22. The van der Waals surface area contributed by atoms with E-state index in [1.807, 2.05) is 18.2 Å². The summed E-state index contributed by atoms with van der Waals surface area (Å²) in [6.45, 7) is 0. The molecule has 3 nitrogen and oxygen atoms in total. The maximum absolute atomic E-state index is 12.7. The summed E-state index contributed by atoms with van der Waals surface area (Å²) in [7, 11) is 1.56. The van der Waals surface area contributed by atoms with Gasteiger partial charge in [0.25, 0.3) is 0 Å². The van der Waals surface area contributed by atoms with Crippen LogP contribution in [0.2, 0.25) is 0 Å². The molecule has 0 amide bonds. The first-order valence-electron chi connectivity index (χ1n) is 5.47. The lowest BCUT2D eigenvalue weighted by atomic mass is 10.1. The first-order valence-corrected chi connectivity index (χ1v) is 5.47. The number of pyridine rings is 1. The van der Waals surface area contributed by atoms with Gasteiger partial charge in [0.2, 0.25) is 0 Å². The summed E-state index contributed by atoms with van der Waals surface area (Å²) in [6, 6.07) is 9.89. The van der Waals surface area contributed by atoms with Crippen LogP contribution in [0, 0.1) is 5.82 Å². The molecule has 0 N–H and O–H groups in total. The van der Waals surface area contributed by atoms with E-state index in [-0.39, 0.29) is 17.9 Å². The Morgan fingerprint density at radius 3 is 2.72 bits per heavy atom. The standard InChI is InChI=1S/C14H12FNO2/c1-18-14-5-3-2-4-10(14)8-13(17)12-7-6-11(15)9-16-12/h2-7,9H,8H2,1H3. The second-order valence-corrected chi connectivity index (χ2v) is 3.77. The van der Waals surface area contributed by atoms with Crippen molar-refractivity contribution >= 4 is 5.78 Å². The molecule has 2 rings (SSSR count). The van der Waals surface area contributed by atoms with Gasteiger partial charge in [0, 0.05) is 12.0 Å². The fourth-order valence-electron chi connectivity index (χ4n) is 1.65. The van der Waals surface area contributed by atoms with Gasteiger partial charge in [-0.05, 0) is 18.2 Å². The second-order valence-electron chi connectivity index (χ2n) is 3.77. The molecular weight excluding hydrogens is 233 g/mol. The van der Waals surface area contributed by atoms with Gasteiger partial charge in [-0.1, -0.05) is 18.2 Å². The van der Waals surface area contributed by atoms with Crippen LogP contribution in [-0.4, -0.2) is 17.9 Å². The topological polar surface area (TPSA) is 39.2 Å². The lowest BCUT2D eigenvalue weighted by molar-refractivity contribution is 0.0987. The Morgan fingerprint density at radius 1 is 1.28 bits per heavy atom. The van der Waals surface area contributed by atoms with Crippen molar-refractivity contribution in [2.75, 3.05) is 7.11 Å². The van der Waals surface area contributed by atoms with Gasteiger partial charge in [-0.25, -0.2) is 4.39 Å². The fraction of sp³-hybridized carbons (Fsp3) is 0.143. The molecule has 0 unspecified atom stereocenters. The van der Waals surface area contributed by atoms with E-state index in [0.717, 1.165) is 11.8 Å². The molecular formula is C14H12FNO2. The van der Waals surface area contributed by atoms with Gasteiger partial charge < -0.3 is 4.74 Å². The number of carbonyl (C=O) groups excluding carboxylic acids is 1. The van der Waals surface area contributed by atoms with E-state index in [4.69, 9.17) is 4.74 Å². The molecule has 4 heteroatoms. The van der Waals surface area contributed by atoms with Crippen molar-refractivity contribution in [1.82, 2.24) is 4.98 Å². The van der Waals surface area contributed by atoms with Crippen LogP contribution < -0.4 is 4.74 Å². The number of hydrogen-bond donors (Lipinski definition) is 0. The van der Waals surface area contributed by atoms with Gasteiger partial charge >= 0.3 is 0 Å². The zero-order valence-electron chi connectivity index (χ0n) is 9.89. The number of rotatable bonds is 4. The van der Waals surface area contributed by atoms with E-state index >= 15 is 0 Å². The smallest absolute Gasteiger partial charge is 0.185 e. The number of carbonyl (C=O) groups is 1. The number of nitrogens with zero attached hydrogens (tertiary/aromatic N) is 1. The van der Waals surface area contributed by atoms with Crippen molar-refractivity contribution in [3.05, 3.63) is 59.7 Å². The van der Waals surface area contributed by atoms with Crippen LogP contribution in [0.3, 0.4) is 0 Å². The Labute approximate surface area is 104 Å². The lowest BCUT2D eigenvalue weighted by Crippen LogP contribution is -2.07. The van der Waals surface area contributed by atoms with Crippen LogP contribution in [0.5, 0.6) is 5.75 Å². The minimum absolute atomic E-state index is 0.167.